The molecule has 1 aromatic heterocycles. The van der Waals surface area contributed by atoms with Gasteiger partial charge in [-0.25, -0.2) is 0 Å². The first-order chi connectivity index (χ1) is 7.70. The molecule has 0 saturated carbocycles. The van der Waals surface area contributed by atoms with Crippen LogP contribution in [0.5, 0.6) is 0 Å². The van der Waals surface area contributed by atoms with Crippen molar-refractivity contribution < 1.29 is 0 Å². The lowest BCUT2D eigenvalue weighted by Gasteiger charge is -2.19. The highest BCUT2D eigenvalue weighted by atomic mass is 79.9. The van der Waals surface area contributed by atoms with E-state index in [1.165, 1.54) is 5.56 Å². The number of aryl methyl sites for hydroxylation is 1. The van der Waals surface area contributed by atoms with Crippen LogP contribution in [0.25, 0.3) is 0 Å². The molecule has 16 heavy (non-hydrogen) atoms. The van der Waals surface area contributed by atoms with Gasteiger partial charge in [0.05, 0.1) is 0 Å². The van der Waals surface area contributed by atoms with Gasteiger partial charge in [-0.05, 0) is 47.5 Å². The van der Waals surface area contributed by atoms with Crippen LogP contribution in [-0.2, 0) is 0 Å². The minimum Gasteiger partial charge on any atom is -0.317 e. The second kappa shape index (κ2) is 4.93. The molecule has 2 rings (SSSR count). The average Bonchev–Trinajstić information content (AvgIpc) is 2.66. The lowest BCUT2D eigenvalue weighted by atomic mass is 10.2. The van der Waals surface area contributed by atoms with Crippen LogP contribution in [0, 0.1) is 6.92 Å². The molecule has 0 N–H and O–H groups in total. The van der Waals surface area contributed by atoms with Gasteiger partial charge in [-0.15, -0.1) is 10.2 Å². The van der Waals surface area contributed by atoms with Crippen LogP contribution in [0.15, 0.2) is 28.2 Å². The van der Waals surface area contributed by atoms with E-state index < -0.39 is 0 Å². The maximum atomic E-state index is 4.14. The molecule has 2 aromatic rings. The summed E-state index contributed by atoms with van der Waals surface area (Å²) in [5, 5.41) is 9.03. The Morgan fingerprint density at radius 1 is 1.38 bits per heavy atom. The van der Waals surface area contributed by atoms with Crippen molar-refractivity contribution in [1.29, 1.82) is 0 Å². The van der Waals surface area contributed by atoms with Crippen LogP contribution < -0.4 is 4.90 Å². The molecule has 0 aliphatic carbocycles. The third-order valence-electron chi connectivity index (χ3n) is 2.25. The summed E-state index contributed by atoms with van der Waals surface area (Å²) in [4.78, 5) is 2.15. The van der Waals surface area contributed by atoms with Gasteiger partial charge in [-0.1, -0.05) is 23.5 Å². The molecule has 0 spiro atoms. The fourth-order valence-corrected chi connectivity index (χ4v) is 2.70. The lowest BCUT2D eigenvalue weighted by molar-refractivity contribution is 0.965. The maximum Gasteiger partial charge on any atom is 0.213 e. The van der Waals surface area contributed by atoms with E-state index in [-0.39, 0.29) is 0 Å². The van der Waals surface area contributed by atoms with Crippen LogP contribution in [0.2, 0.25) is 0 Å². The summed E-state index contributed by atoms with van der Waals surface area (Å²) in [7, 11) is 0. The van der Waals surface area contributed by atoms with E-state index in [9.17, 15) is 0 Å². The molecule has 0 aliphatic rings. The van der Waals surface area contributed by atoms with Crippen molar-refractivity contribution in [3.05, 3.63) is 33.7 Å². The number of benzene rings is 1. The molecule has 0 radical (unpaired) electrons. The largest absolute Gasteiger partial charge is 0.317 e. The summed E-state index contributed by atoms with van der Waals surface area (Å²) in [6, 6.07) is 8.39. The van der Waals surface area contributed by atoms with E-state index in [1.54, 1.807) is 11.3 Å². The number of hydrogen-bond donors (Lipinski definition) is 0. The topological polar surface area (TPSA) is 29.0 Å². The lowest BCUT2D eigenvalue weighted by Crippen LogP contribution is -2.15. The van der Waals surface area contributed by atoms with Crippen molar-refractivity contribution >= 4 is 38.1 Å². The number of nitrogens with zero attached hydrogens (tertiary/aromatic N) is 3. The van der Waals surface area contributed by atoms with Crippen LogP contribution in [0.1, 0.15) is 12.5 Å². The van der Waals surface area contributed by atoms with Crippen molar-refractivity contribution in [2.45, 2.75) is 13.8 Å². The second-order valence-corrected chi connectivity index (χ2v) is 5.65. The predicted octanol–water partition coefficient (Wildman–Crippen LogP) is 3.77. The first-order valence-corrected chi connectivity index (χ1v) is 6.65. The molecule has 0 amide bonds. The third-order valence-corrected chi connectivity index (χ3v) is 3.63. The van der Waals surface area contributed by atoms with Gasteiger partial charge < -0.3 is 4.90 Å². The number of aromatic nitrogens is 2. The molecular weight excluding hydrogens is 286 g/mol. The Morgan fingerprint density at radius 2 is 2.19 bits per heavy atom. The van der Waals surface area contributed by atoms with Gasteiger partial charge in [0.15, 0.2) is 3.92 Å². The van der Waals surface area contributed by atoms with Crippen molar-refractivity contribution in [3.8, 4) is 0 Å². The second-order valence-electron chi connectivity index (χ2n) is 3.42. The van der Waals surface area contributed by atoms with Gasteiger partial charge in [0.1, 0.15) is 0 Å². The Kier molecular flexibility index (Phi) is 3.56. The zero-order valence-electron chi connectivity index (χ0n) is 9.14. The summed E-state index contributed by atoms with van der Waals surface area (Å²) in [5.74, 6) is 0. The molecule has 0 bridgehead atoms. The summed E-state index contributed by atoms with van der Waals surface area (Å²) in [6.45, 7) is 5.08. The third kappa shape index (κ3) is 2.41. The fraction of sp³-hybridized carbons (Fsp3) is 0.273. The van der Waals surface area contributed by atoms with E-state index in [0.717, 1.165) is 21.3 Å². The van der Waals surface area contributed by atoms with E-state index in [1.807, 2.05) is 0 Å². The minimum absolute atomic E-state index is 0.814. The van der Waals surface area contributed by atoms with Gasteiger partial charge in [0.25, 0.3) is 0 Å². The van der Waals surface area contributed by atoms with Crippen LogP contribution >= 0.6 is 27.3 Å². The molecule has 0 atom stereocenters. The molecule has 5 heteroatoms. The first kappa shape index (κ1) is 11.5. The molecule has 0 fully saturated rings. The normalized spacial score (nSPS) is 10.4. The van der Waals surface area contributed by atoms with E-state index >= 15 is 0 Å². The maximum absolute atomic E-state index is 4.14. The molecule has 1 heterocycles. The standard InChI is InChI=1S/C11H12BrN3S/c1-3-15(11-14-13-10(12)16-11)9-6-4-5-8(2)7-9/h4-7H,3H2,1-2H3. The molecule has 1 aromatic carbocycles. The quantitative estimate of drug-likeness (QED) is 0.863. The van der Waals surface area contributed by atoms with E-state index in [4.69, 9.17) is 0 Å². The van der Waals surface area contributed by atoms with E-state index in [2.05, 4.69) is 69.1 Å². The van der Waals surface area contributed by atoms with Crippen LogP contribution in [0.3, 0.4) is 0 Å². The summed E-state index contributed by atoms with van der Waals surface area (Å²) in [6.07, 6.45) is 0. The monoisotopic (exact) mass is 297 g/mol. The molecule has 0 saturated heterocycles. The molecule has 84 valence electrons. The Bertz CT molecular complexity index is 484. The average molecular weight is 298 g/mol. The molecule has 0 unspecified atom stereocenters. The highest BCUT2D eigenvalue weighted by molar-refractivity contribution is 9.11. The van der Waals surface area contributed by atoms with Gasteiger partial charge in [-0.2, -0.15) is 0 Å². The summed E-state index contributed by atoms with van der Waals surface area (Å²) in [5.41, 5.74) is 2.41. The van der Waals surface area contributed by atoms with Crippen molar-refractivity contribution in [2.75, 3.05) is 11.4 Å². The van der Waals surface area contributed by atoms with Gasteiger partial charge in [-0.3, -0.25) is 0 Å². The zero-order chi connectivity index (χ0) is 11.5. The fourth-order valence-electron chi connectivity index (χ4n) is 1.53. The summed E-state index contributed by atoms with van der Waals surface area (Å²) >= 11 is 4.88. The van der Waals surface area contributed by atoms with Crippen molar-refractivity contribution in [3.63, 3.8) is 0 Å². The SMILES string of the molecule is CCN(c1cccc(C)c1)c1nnc(Br)s1. The highest BCUT2D eigenvalue weighted by Crippen LogP contribution is 2.30. The number of rotatable bonds is 3. The van der Waals surface area contributed by atoms with Gasteiger partial charge in [0, 0.05) is 12.2 Å². The first-order valence-electron chi connectivity index (χ1n) is 5.04. The Morgan fingerprint density at radius 3 is 2.75 bits per heavy atom. The Balaban J connectivity index is 2.36. The van der Waals surface area contributed by atoms with Crippen LogP contribution in [0.4, 0.5) is 10.8 Å². The van der Waals surface area contributed by atoms with Gasteiger partial charge in [0.2, 0.25) is 5.13 Å². The summed E-state index contributed by atoms with van der Waals surface area (Å²) < 4.78 is 0.814. The Hall–Kier alpha value is -0.940. The zero-order valence-corrected chi connectivity index (χ0v) is 11.5. The highest BCUT2D eigenvalue weighted by Gasteiger charge is 2.11. The number of hydrogen-bond acceptors (Lipinski definition) is 4. The van der Waals surface area contributed by atoms with Crippen molar-refractivity contribution in [1.82, 2.24) is 10.2 Å². The van der Waals surface area contributed by atoms with Crippen molar-refractivity contribution in [2.24, 2.45) is 0 Å². The van der Waals surface area contributed by atoms with Gasteiger partial charge >= 0.3 is 0 Å². The molecular formula is C11H12BrN3S. The molecule has 0 aliphatic heterocycles. The molecule has 3 nitrogen and oxygen atoms in total. The minimum atomic E-state index is 0.814. The van der Waals surface area contributed by atoms with Crippen LogP contribution in [-0.4, -0.2) is 16.7 Å². The number of halogens is 1. The number of anilines is 2. The van der Waals surface area contributed by atoms with E-state index in [0.29, 0.717) is 0 Å². The predicted molar refractivity (Wildman–Crippen MR) is 71.5 cm³/mol. The smallest absolute Gasteiger partial charge is 0.213 e. The Labute approximate surface area is 107 Å².